The Morgan fingerprint density at radius 2 is 1.00 bits per heavy atom. The quantitative estimate of drug-likeness (QED) is 0.479. The molecule has 20 heavy (non-hydrogen) atoms. The molecule has 0 fully saturated rings. The Kier molecular flexibility index (Phi) is 5.60. The molecule has 4 nitrogen and oxygen atoms in total. The lowest BCUT2D eigenvalue weighted by Gasteiger charge is -1.92. The SMILES string of the molecule is c1ccc2ccccc2c1.c1cocn1.c1cocn1. The van der Waals surface area contributed by atoms with E-state index in [0.717, 1.165) is 0 Å². The molecular formula is C16H14N2O2. The van der Waals surface area contributed by atoms with Crippen molar-refractivity contribution in [2.45, 2.75) is 0 Å². The van der Waals surface area contributed by atoms with Gasteiger partial charge in [-0.05, 0) is 10.8 Å². The molecule has 0 N–H and O–H groups in total. The van der Waals surface area contributed by atoms with Crippen molar-refractivity contribution in [1.29, 1.82) is 0 Å². The Labute approximate surface area is 116 Å². The number of aromatic nitrogens is 2. The van der Waals surface area contributed by atoms with E-state index in [9.17, 15) is 0 Å². The van der Waals surface area contributed by atoms with Crippen molar-refractivity contribution in [3.63, 3.8) is 0 Å². The number of hydrogen-bond donors (Lipinski definition) is 0. The summed E-state index contributed by atoms with van der Waals surface area (Å²) in [6.07, 6.45) is 8.94. The highest BCUT2D eigenvalue weighted by Crippen LogP contribution is 2.11. The van der Waals surface area contributed by atoms with E-state index in [1.165, 1.54) is 36.1 Å². The molecular weight excluding hydrogens is 252 g/mol. The van der Waals surface area contributed by atoms with Crippen LogP contribution in [0.2, 0.25) is 0 Å². The van der Waals surface area contributed by atoms with E-state index in [4.69, 9.17) is 0 Å². The van der Waals surface area contributed by atoms with Gasteiger partial charge in [-0.2, -0.15) is 0 Å². The molecule has 0 aliphatic rings. The largest absolute Gasteiger partial charge is 0.452 e. The zero-order chi connectivity index (χ0) is 13.9. The molecule has 0 amide bonds. The average Bonchev–Trinajstić information content (AvgIpc) is 3.25. The van der Waals surface area contributed by atoms with Crippen LogP contribution in [0.15, 0.2) is 95.1 Å². The Hall–Kier alpha value is -2.88. The number of nitrogens with zero attached hydrogens (tertiary/aromatic N) is 2. The van der Waals surface area contributed by atoms with Gasteiger partial charge < -0.3 is 8.83 Å². The summed E-state index contributed by atoms with van der Waals surface area (Å²) in [7, 11) is 0. The van der Waals surface area contributed by atoms with Crippen molar-refractivity contribution < 1.29 is 8.83 Å². The predicted molar refractivity (Wildman–Crippen MR) is 77.0 cm³/mol. The minimum atomic E-state index is 1.31. The zero-order valence-electron chi connectivity index (χ0n) is 10.8. The first-order chi connectivity index (χ1) is 9.97. The predicted octanol–water partition coefficient (Wildman–Crippen LogP) is 4.19. The molecule has 0 aliphatic heterocycles. The first-order valence-corrected chi connectivity index (χ1v) is 6.05. The molecule has 4 aromatic rings. The van der Waals surface area contributed by atoms with Gasteiger partial charge in [0.05, 0.1) is 12.4 Å². The summed E-state index contributed by atoms with van der Waals surface area (Å²) < 4.78 is 8.94. The van der Waals surface area contributed by atoms with Crippen LogP contribution < -0.4 is 0 Å². The van der Waals surface area contributed by atoms with E-state index < -0.39 is 0 Å². The van der Waals surface area contributed by atoms with Crippen molar-refractivity contribution in [1.82, 2.24) is 9.97 Å². The van der Waals surface area contributed by atoms with Crippen LogP contribution in [0.25, 0.3) is 10.8 Å². The number of hydrogen-bond acceptors (Lipinski definition) is 4. The molecule has 0 saturated carbocycles. The fourth-order valence-electron chi connectivity index (χ4n) is 1.48. The summed E-state index contributed by atoms with van der Waals surface area (Å²) in [6, 6.07) is 16.7. The van der Waals surface area contributed by atoms with Gasteiger partial charge in [0.15, 0.2) is 12.8 Å². The van der Waals surface area contributed by atoms with E-state index in [1.54, 1.807) is 12.4 Å². The molecule has 4 rings (SSSR count). The molecule has 2 heterocycles. The van der Waals surface area contributed by atoms with E-state index in [1.807, 2.05) is 0 Å². The lowest BCUT2D eigenvalue weighted by molar-refractivity contribution is 0.557. The smallest absolute Gasteiger partial charge is 0.180 e. The highest BCUT2D eigenvalue weighted by atomic mass is 16.3. The van der Waals surface area contributed by atoms with Gasteiger partial charge in [-0.25, -0.2) is 9.97 Å². The molecule has 100 valence electrons. The second kappa shape index (κ2) is 8.26. The van der Waals surface area contributed by atoms with Crippen molar-refractivity contribution in [3.8, 4) is 0 Å². The lowest BCUT2D eigenvalue weighted by atomic mass is 10.1. The van der Waals surface area contributed by atoms with Crippen LogP contribution in [0, 0.1) is 0 Å². The highest BCUT2D eigenvalue weighted by molar-refractivity contribution is 5.81. The fourth-order valence-corrected chi connectivity index (χ4v) is 1.48. The molecule has 2 aromatic heterocycles. The maximum atomic E-state index is 4.47. The van der Waals surface area contributed by atoms with Crippen LogP contribution in [-0.2, 0) is 0 Å². The zero-order valence-corrected chi connectivity index (χ0v) is 10.8. The fraction of sp³-hybridized carbons (Fsp3) is 0. The molecule has 0 unspecified atom stereocenters. The topological polar surface area (TPSA) is 52.1 Å². The summed E-state index contributed by atoms with van der Waals surface area (Å²) in [5.74, 6) is 0. The van der Waals surface area contributed by atoms with Gasteiger partial charge in [-0.1, -0.05) is 48.5 Å². The lowest BCUT2D eigenvalue weighted by Crippen LogP contribution is -1.67. The molecule has 0 aliphatic carbocycles. The normalized spacial score (nSPS) is 9.00. The Bertz CT molecular complexity index is 550. The first-order valence-electron chi connectivity index (χ1n) is 6.05. The van der Waals surface area contributed by atoms with Crippen molar-refractivity contribution in [2.24, 2.45) is 0 Å². The van der Waals surface area contributed by atoms with Gasteiger partial charge >= 0.3 is 0 Å². The molecule has 2 aromatic carbocycles. The summed E-state index contributed by atoms with van der Waals surface area (Å²) in [4.78, 5) is 7.11. The van der Waals surface area contributed by atoms with E-state index in [-0.39, 0.29) is 0 Å². The highest BCUT2D eigenvalue weighted by Gasteiger charge is 1.85. The number of benzene rings is 2. The third-order valence-electron chi connectivity index (χ3n) is 2.35. The average molecular weight is 266 g/mol. The van der Waals surface area contributed by atoms with Crippen molar-refractivity contribution in [2.75, 3.05) is 0 Å². The Morgan fingerprint density at radius 1 is 0.600 bits per heavy atom. The number of rotatable bonds is 0. The van der Waals surface area contributed by atoms with Gasteiger partial charge in [0.2, 0.25) is 0 Å². The summed E-state index contributed by atoms with van der Waals surface area (Å²) in [6.45, 7) is 0. The maximum Gasteiger partial charge on any atom is 0.180 e. The van der Waals surface area contributed by atoms with Gasteiger partial charge in [-0.15, -0.1) is 0 Å². The van der Waals surface area contributed by atoms with Gasteiger partial charge in [0.1, 0.15) is 12.5 Å². The standard InChI is InChI=1S/C10H8.2C3H3NO/c1-2-6-10-8-4-3-7-9(10)5-1;2*1-2-5-3-4-1/h1-8H;2*1-3H. The monoisotopic (exact) mass is 266 g/mol. The van der Waals surface area contributed by atoms with Crippen LogP contribution in [0.5, 0.6) is 0 Å². The summed E-state index contributed by atoms with van der Waals surface area (Å²) >= 11 is 0. The van der Waals surface area contributed by atoms with Crippen molar-refractivity contribution >= 4 is 10.8 Å². The van der Waals surface area contributed by atoms with Crippen molar-refractivity contribution in [3.05, 3.63) is 86.2 Å². The molecule has 0 atom stereocenters. The molecule has 0 radical (unpaired) electrons. The van der Waals surface area contributed by atoms with Crippen LogP contribution in [0.1, 0.15) is 0 Å². The number of oxazole rings is 2. The molecule has 0 saturated heterocycles. The van der Waals surface area contributed by atoms with Crippen LogP contribution >= 0.6 is 0 Å². The number of fused-ring (bicyclic) bond motifs is 1. The minimum absolute atomic E-state index is 1.31. The Balaban J connectivity index is 0.000000124. The summed E-state index contributed by atoms with van der Waals surface area (Å²) in [5, 5.41) is 2.62. The van der Waals surface area contributed by atoms with E-state index in [0.29, 0.717) is 0 Å². The first kappa shape index (κ1) is 13.5. The van der Waals surface area contributed by atoms with Crippen LogP contribution in [0.3, 0.4) is 0 Å². The Morgan fingerprint density at radius 3 is 1.20 bits per heavy atom. The van der Waals surface area contributed by atoms with Crippen LogP contribution in [0.4, 0.5) is 0 Å². The minimum Gasteiger partial charge on any atom is -0.452 e. The van der Waals surface area contributed by atoms with Gasteiger partial charge in [-0.3, -0.25) is 0 Å². The third-order valence-corrected chi connectivity index (χ3v) is 2.35. The van der Waals surface area contributed by atoms with Crippen LogP contribution in [-0.4, -0.2) is 9.97 Å². The van der Waals surface area contributed by atoms with Gasteiger partial charge in [0.25, 0.3) is 0 Å². The summed E-state index contributed by atoms with van der Waals surface area (Å²) in [5.41, 5.74) is 0. The molecule has 0 bridgehead atoms. The maximum absolute atomic E-state index is 4.47. The van der Waals surface area contributed by atoms with Gasteiger partial charge in [0, 0.05) is 0 Å². The second-order valence-corrected chi connectivity index (χ2v) is 3.70. The third kappa shape index (κ3) is 4.78. The molecule has 4 heteroatoms. The van der Waals surface area contributed by atoms with E-state index >= 15 is 0 Å². The van der Waals surface area contributed by atoms with E-state index in [2.05, 4.69) is 67.3 Å². The second-order valence-electron chi connectivity index (χ2n) is 3.70. The molecule has 0 spiro atoms.